The second-order valence-corrected chi connectivity index (χ2v) is 4.46. The molecule has 4 nitrogen and oxygen atoms in total. The molecule has 2 rings (SSSR count). The number of carbonyl (C=O) groups is 1. The lowest BCUT2D eigenvalue weighted by atomic mass is 10.1. The Morgan fingerprint density at radius 1 is 1.60 bits per heavy atom. The molecule has 0 radical (unpaired) electrons. The summed E-state index contributed by atoms with van der Waals surface area (Å²) >= 11 is 3.40. The third-order valence-electron chi connectivity index (χ3n) is 2.86. The van der Waals surface area contributed by atoms with Crippen LogP contribution in [0.2, 0.25) is 0 Å². The van der Waals surface area contributed by atoms with E-state index in [4.69, 9.17) is 0 Å². The van der Waals surface area contributed by atoms with Crippen LogP contribution in [0.5, 0.6) is 0 Å². The zero-order valence-electron chi connectivity index (χ0n) is 8.96. The molecular weight excluding hydrogens is 258 g/mol. The topological polar surface area (TPSA) is 38.1 Å². The van der Waals surface area contributed by atoms with Crippen molar-refractivity contribution in [3.8, 4) is 0 Å². The number of aromatic nitrogens is 2. The molecule has 0 N–H and O–H groups in total. The molecule has 0 saturated heterocycles. The fourth-order valence-electron chi connectivity index (χ4n) is 1.89. The summed E-state index contributed by atoms with van der Waals surface area (Å²) in [6.45, 7) is 3.39. The molecule has 15 heavy (non-hydrogen) atoms. The predicted octanol–water partition coefficient (Wildman–Crippen LogP) is 1.48. The lowest BCUT2D eigenvalue weighted by Gasteiger charge is -2.26. The number of hydrogen-bond acceptors (Lipinski definition) is 2. The van der Waals surface area contributed by atoms with Crippen molar-refractivity contribution in [2.24, 2.45) is 7.05 Å². The Kier molecular flexibility index (Phi) is 2.82. The van der Waals surface area contributed by atoms with Gasteiger partial charge in [0.05, 0.1) is 17.9 Å². The maximum absolute atomic E-state index is 11.6. The Hall–Kier alpha value is -0.840. The van der Waals surface area contributed by atoms with Gasteiger partial charge in [0.25, 0.3) is 0 Å². The van der Waals surface area contributed by atoms with Crippen LogP contribution in [0.15, 0.2) is 4.73 Å². The highest BCUT2D eigenvalue weighted by Gasteiger charge is 2.23. The molecule has 0 fully saturated rings. The van der Waals surface area contributed by atoms with Crippen molar-refractivity contribution >= 4 is 21.8 Å². The minimum Gasteiger partial charge on any atom is -0.336 e. The summed E-state index contributed by atoms with van der Waals surface area (Å²) < 4.78 is 2.85. The van der Waals surface area contributed by atoms with Crippen molar-refractivity contribution in [1.29, 1.82) is 0 Å². The molecule has 0 aliphatic carbocycles. The Labute approximate surface area is 97.4 Å². The van der Waals surface area contributed by atoms with Crippen molar-refractivity contribution < 1.29 is 4.79 Å². The molecule has 0 saturated carbocycles. The summed E-state index contributed by atoms with van der Waals surface area (Å²) in [6.07, 6.45) is 1.44. The van der Waals surface area contributed by atoms with E-state index in [0.29, 0.717) is 13.0 Å². The molecule has 0 bridgehead atoms. The van der Waals surface area contributed by atoms with Crippen LogP contribution in [0, 0.1) is 0 Å². The summed E-state index contributed by atoms with van der Waals surface area (Å²) in [4.78, 5) is 17.9. The minimum absolute atomic E-state index is 0.220. The highest BCUT2D eigenvalue weighted by Crippen LogP contribution is 2.22. The van der Waals surface area contributed by atoms with Crippen LogP contribution in [0.25, 0.3) is 0 Å². The fraction of sp³-hybridized carbons (Fsp3) is 0.600. The maximum Gasteiger partial charge on any atom is 0.222 e. The van der Waals surface area contributed by atoms with Gasteiger partial charge < -0.3 is 9.47 Å². The maximum atomic E-state index is 11.6. The average Bonchev–Trinajstić information content (AvgIpc) is 2.54. The average molecular weight is 272 g/mol. The number of carbonyl (C=O) groups excluding carboxylic acids is 1. The van der Waals surface area contributed by atoms with Crippen LogP contribution in [-0.4, -0.2) is 26.9 Å². The Balaban J connectivity index is 2.26. The lowest BCUT2D eigenvalue weighted by molar-refractivity contribution is -0.131. The van der Waals surface area contributed by atoms with Crippen molar-refractivity contribution in [2.75, 3.05) is 6.54 Å². The van der Waals surface area contributed by atoms with E-state index in [-0.39, 0.29) is 5.91 Å². The number of imidazole rings is 1. The molecule has 1 amide bonds. The van der Waals surface area contributed by atoms with Crippen LogP contribution in [-0.2, 0) is 24.8 Å². The molecule has 5 heteroatoms. The van der Waals surface area contributed by atoms with E-state index in [0.717, 1.165) is 29.1 Å². The van der Waals surface area contributed by atoms with Gasteiger partial charge in [-0.2, -0.15) is 0 Å². The van der Waals surface area contributed by atoms with Crippen LogP contribution < -0.4 is 0 Å². The smallest absolute Gasteiger partial charge is 0.222 e. The third-order valence-corrected chi connectivity index (χ3v) is 3.57. The van der Waals surface area contributed by atoms with Gasteiger partial charge in [-0.3, -0.25) is 4.79 Å². The Morgan fingerprint density at radius 3 is 3.00 bits per heavy atom. The van der Waals surface area contributed by atoms with Crippen molar-refractivity contribution in [3.05, 3.63) is 16.1 Å². The van der Waals surface area contributed by atoms with Crippen molar-refractivity contribution in [1.82, 2.24) is 14.5 Å². The van der Waals surface area contributed by atoms with Gasteiger partial charge in [0, 0.05) is 26.4 Å². The molecule has 0 spiro atoms. The zero-order chi connectivity index (χ0) is 11.0. The SMILES string of the molecule is CCC(=O)N1CCc2nc(Br)n(C)c2C1. The number of fused-ring (bicyclic) bond motifs is 1. The Bertz CT molecular complexity index is 400. The van der Waals surface area contributed by atoms with Gasteiger partial charge in [0.1, 0.15) is 0 Å². The van der Waals surface area contributed by atoms with Gasteiger partial charge >= 0.3 is 0 Å². The van der Waals surface area contributed by atoms with Gasteiger partial charge in [0.2, 0.25) is 5.91 Å². The van der Waals surface area contributed by atoms with E-state index in [2.05, 4.69) is 20.9 Å². The predicted molar refractivity (Wildman–Crippen MR) is 60.3 cm³/mol. The monoisotopic (exact) mass is 271 g/mol. The van der Waals surface area contributed by atoms with E-state index in [9.17, 15) is 4.79 Å². The molecule has 2 heterocycles. The van der Waals surface area contributed by atoms with Gasteiger partial charge in [-0.15, -0.1) is 0 Å². The molecule has 1 aromatic rings. The standard InChI is InChI=1S/C10H14BrN3O/c1-3-9(15)14-5-4-7-8(6-14)13(2)10(11)12-7/h3-6H2,1-2H3. The first-order valence-electron chi connectivity index (χ1n) is 5.11. The van der Waals surface area contributed by atoms with E-state index >= 15 is 0 Å². The minimum atomic E-state index is 0.220. The summed E-state index contributed by atoms with van der Waals surface area (Å²) in [5.74, 6) is 0.220. The number of hydrogen-bond donors (Lipinski definition) is 0. The van der Waals surface area contributed by atoms with E-state index in [1.54, 1.807) is 0 Å². The fourth-order valence-corrected chi connectivity index (χ4v) is 2.32. The van der Waals surface area contributed by atoms with Crippen molar-refractivity contribution in [3.63, 3.8) is 0 Å². The van der Waals surface area contributed by atoms with Crippen molar-refractivity contribution in [2.45, 2.75) is 26.3 Å². The molecule has 1 aromatic heterocycles. The summed E-state index contributed by atoms with van der Waals surface area (Å²) in [5, 5.41) is 0. The zero-order valence-corrected chi connectivity index (χ0v) is 10.5. The molecule has 0 atom stereocenters. The largest absolute Gasteiger partial charge is 0.336 e. The van der Waals surface area contributed by atoms with E-state index in [1.165, 1.54) is 0 Å². The number of halogens is 1. The van der Waals surface area contributed by atoms with E-state index < -0.39 is 0 Å². The van der Waals surface area contributed by atoms with Gasteiger partial charge in [-0.1, -0.05) is 6.92 Å². The Morgan fingerprint density at radius 2 is 2.33 bits per heavy atom. The highest BCUT2D eigenvalue weighted by molar-refractivity contribution is 9.10. The van der Waals surface area contributed by atoms with Gasteiger partial charge in [-0.25, -0.2) is 4.98 Å². The van der Waals surface area contributed by atoms with E-state index in [1.807, 2.05) is 23.4 Å². The number of amides is 1. The first-order chi connectivity index (χ1) is 7.13. The third kappa shape index (κ3) is 1.80. The molecule has 1 aliphatic heterocycles. The number of rotatable bonds is 1. The van der Waals surface area contributed by atoms with Crippen LogP contribution in [0.3, 0.4) is 0 Å². The first kappa shape index (κ1) is 10.7. The lowest BCUT2D eigenvalue weighted by Crippen LogP contribution is -2.36. The normalized spacial score (nSPS) is 15.3. The second-order valence-electron chi connectivity index (χ2n) is 3.75. The van der Waals surface area contributed by atoms with Gasteiger partial charge in [0.15, 0.2) is 4.73 Å². The van der Waals surface area contributed by atoms with Gasteiger partial charge in [-0.05, 0) is 15.9 Å². The quantitative estimate of drug-likeness (QED) is 0.776. The van der Waals surface area contributed by atoms with Crippen LogP contribution in [0.1, 0.15) is 24.7 Å². The summed E-state index contributed by atoms with van der Waals surface area (Å²) in [6, 6.07) is 0. The number of nitrogens with zero attached hydrogens (tertiary/aromatic N) is 3. The second kappa shape index (κ2) is 3.96. The molecule has 0 aromatic carbocycles. The molecule has 82 valence electrons. The molecule has 0 unspecified atom stereocenters. The van der Waals surface area contributed by atoms with Crippen LogP contribution in [0.4, 0.5) is 0 Å². The first-order valence-corrected chi connectivity index (χ1v) is 5.90. The highest BCUT2D eigenvalue weighted by atomic mass is 79.9. The van der Waals surface area contributed by atoms with Crippen LogP contribution >= 0.6 is 15.9 Å². The summed E-state index contributed by atoms with van der Waals surface area (Å²) in [5.41, 5.74) is 2.26. The molecular formula is C10H14BrN3O. The summed E-state index contributed by atoms with van der Waals surface area (Å²) in [7, 11) is 1.97. The molecule has 1 aliphatic rings.